The Morgan fingerprint density at radius 3 is 1.05 bits per heavy atom. The van der Waals surface area contributed by atoms with Crippen molar-refractivity contribution in [1.82, 2.24) is 0 Å². The molecule has 22 heavy (non-hydrogen) atoms. The normalized spacial score (nSPS) is 12.7. The third kappa shape index (κ3) is 11.9. The van der Waals surface area contributed by atoms with E-state index in [-0.39, 0.29) is 0 Å². The SMILES string of the molecule is CCCCCCCCCCCCCCC[PH](CC)(CC)CC. The first kappa shape index (κ1) is 22.4. The summed E-state index contributed by atoms with van der Waals surface area (Å²) >= 11 is 0. The van der Waals surface area contributed by atoms with Crippen LogP contribution in [0.4, 0.5) is 0 Å². The molecule has 0 spiro atoms. The average molecular weight is 331 g/mol. The van der Waals surface area contributed by atoms with Gasteiger partial charge >= 0.3 is 123 Å². The van der Waals surface area contributed by atoms with Crippen molar-refractivity contribution < 1.29 is 0 Å². The third-order valence-corrected chi connectivity index (χ3v) is 12.0. The van der Waals surface area contributed by atoms with E-state index in [2.05, 4.69) is 27.7 Å². The molecule has 0 radical (unpaired) electrons. The molecule has 0 aliphatic carbocycles. The fraction of sp³-hybridized carbons (Fsp3) is 1.00. The van der Waals surface area contributed by atoms with E-state index in [1.165, 1.54) is 102 Å². The molecule has 0 aromatic heterocycles. The Morgan fingerprint density at radius 1 is 0.409 bits per heavy atom. The fourth-order valence-corrected chi connectivity index (χ4v) is 7.36. The minimum absolute atomic E-state index is 0.818. The summed E-state index contributed by atoms with van der Waals surface area (Å²) in [6, 6.07) is 0. The molecule has 1 heteroatoms. The molecule has 0 aromatic carbocycles. The van der Waals surface area contributed by atoms with Crippen LogP contribution >= 0.6 is 7.26 Å². The molecule has 0 aliphatic rings. The Hall–Kier alpha value is 0.430. The third-order valence-electron chi connectivity index (χ3n) is 6.06. The molecular formula is C21H47P. The molecule has 0 fully saturated rings. The zero-order valence-corrected chi connectivity index (χ0v) is 17.5. The van der Waals surface area contributed by atoms with Gasteiger partial charge in [0.15, 0.2) is 0 Å². The van der Waals surface area contributed by atoms with Crippen molar-refractivity contribution in [1.29, 1.82) is 0 Å². The van der Waals surface area contributed by atoms with Crippen LogP contribution in [0.5, 0.6) is 0 Å². The van der Waals surface area contributed by atoms with Crippen LogP contribution < -0.4 is 0 Å². The predicted molar refractivity (Wildman–Crippen MR) is 111 cm³/mol. The molecular weight excluding hydrogens is 283 g/mol. The maximum absolute atomic E-state index is 2.45. The Balaban J connectivity index is 3.27. The first-order valence-electron chi connectivity index (χ1n) is 10.7. The summed E-state index contributed by atoms with van der Waals surface area (Å²) in [5.74, 6) is 0. The van der Waals surface area contributed by atoms with E-state index in [1.54, 1.807) is 6.16 Å². The van der Waals surface area contributed by atoms with Crippen LogP contribution in [0.25, 0.3) is 0 Å². The van der Waals surface area contributed by atoms with Gasteiger partial charge in [-0.3, -0.25) is 0 Å². The second-order valence-corrected chi connectivity index (χ2v) is 13.2. The van der Waals surface area contributed by atoms with Gasteiger partial charge in [-0.05, 0) is 0 Å². The molecule has 0 nitrogen and oxygen atoms in total. The average Bonchev–Trinajstić information content (AvgIpc) is 2.56. The van der Waals surface area contributed by atoms with E-state index in [0.717, 1.165) is 0 Å². The minimum atomic E-state index is -0.818. The van der Waals surface area contributed by atoms with Gasteiger partial charge < -0.3 is 0 Å². The van der Waals surface area contributed by atoms with Crippen LogP contribution in [0.15, 0.2) is 0 Å². The van der Waals surface area contributed by atoms with Gasteiger partial charge in [0.1, 0.15) is 0 Å². The van der Waals surface area contributed by atoms with Gasteiger partial charge in [-0.25, -0.2) is 0 Å². The monoisotopic (exact) mass is 330 g/mol. The van der Waals surface area contributed by atoms with Crippen molar-refractivity contribution in [3.63, 3.8) is 0 Å². The summed E-state index contributed by atoms with van der Waals surface area (Å²) in [4.78, 5) is 0. The quantitative estimate of drug-likeness (QED) is 0.188. The van der Waals surface area contributed by atoms with E-state index in [1.807, 2.05) is 0 Å². The van der Waals surface area contributed by atoms with Crippen molar-refractivity contribution >= 4 is 7.26 Å². The van der Waals surface area contributed by atoms with Crippen LogP contribution in [0.2, 0.25) is 0 Å². The molecule has 136 valence electrons. The number of hydrogen-bond donors (Lipinski definition) is 0. The van der Waals surface area contributed by atoms with E-state index < -0.39 is 7.26 Å². The summed E-state index contributed by atoms with van der Waals surface area (Å²) in [6.45, 7) is 9.64. The van der Waals surface area contributed by atoms with Crippen LogP contribution in [-0.4, -0.2) is 24.6 Å². The molecule has 0 aromatic rings. The van der Waals surface area contributed by atoms with Crippen LogP contribution in [0.1, 0.15) is 111 Å². The van der Waals surface area contributed by atoms with Crippen LogP contribution in [0, 0.1) is 0 Å². The van der Waals surface area contributed by atoms with Gasteiger partial charge in [0.2, 0.25) is 0 Å². The Bertz CT molecular complexity index is 200. The predicted octanol–water partition coefficient (Wildman–Crippen LogP) is 7.89. The number of unbranched alkanes of at least 4 members (excludes halogenated alkanes) is 12. The van der Waals surface area contributed by atoms with Crippen molar-refractivity contribution in [2.75, 3.05) is 24.6 Å². The van der Waals surface area contributed by atoms with E-state index >= 15 is 0 Å². The van der Waals surface area contributed by atoms with Gasteiger partial charge in [-0.15, -0.1) is 0 Å². The van der Waals surface area contributed by atoms with E-state index in [0.29, 0.717) is 0 Å². The zero-order valence-electron chi connectivity index (χ0n) is 16.5. The molecule has 0 saturated carbocycles. The van der Waals surface area contributed by atoms with Gasteiger partial charge in [-0.2, -0.15) is 0 Å². The molecule has 0 bridgehead atoms. The molecule has 0 saturated heterocycles. The molecule has 0 aliphatic heterocycles. The summed E-state index contributed by atoms with van der Waals surface area (Å²) in [7, 11) is -0.818. The maximum atomic E-state index is 2.45. The molecule has 0 atom stereocenters. The van der Waals surface area contributed by atoms with Crippen molar-refractivity contribution in [3.8, 4) is 0 Å². The first-order valence-corrected chi connectivity index (χ1v) is 13.6. The molecule has 0 heterocycles. The molecule has 0 rings (SSSR count). The van der Waals surface area contributed by atoms with Gasteiger partial charge in [0.05, 0.1) is 0 Å². The standard InChI is InChI=1S/C21H47P/c1-5-9-10-11-12-13-14-15-16-17-18-19-20-21-22(6-2,7-3)8-4/h22H,5-21H2,1-4H3. The van der Waals surface area contributed by atoms with Crippen molar-refractivity contribution in [2.24, 2.45) is 0 Å². The number of rotatable bonds is 17. The Kier molecular flexibility index (Phi) is 16.6. The summed E-state index contributed by atoms with van der Waals surface area (Å²) in [6.07, 6.45) is 25.4. The second-order valence-electron chi connectivity index (χ2n) is 7.55. The second kappa shape index (κ2) is 16.3. The summed E-state index contributed by atoms with van der Waals surface area (Å²) < 4.78 is 0. The van der Waals surface area contributed by atoms with Crippen molar-refractivity contribution in [2.45, 2.75) is 111 Å². The number of hydrogen-bond acceptors (Lipinski definition) is 0. The first-order chi connectivity index (χ1) is 10.7. The van der Waals surface area contributed by atoms with Gasteiger partial charge in [-0.1, -0.05) is 19.8 Å². The molecule has 0 amide bonds. The topological polar surface area (TPSA) is 0 Å². The Morgan fingerprint density at radius 2 is 0.727 bits per heavy atom. The van der Waals surface area contributed by atoms with Gasteiger partial charge in [0, 0.05) is 0 Å². The molecule has 0 N–H and O–H groups in total. The van der Waals surface area contributed by atoms with E-state index in [9.17, 15) is 0 Å². The zero-order chi connectivity index (χ0) is 16.5. The summed E-state index contributed by atoms with van der Waals surface area (Å²) in [5, 5.41) is 0. The van der Waals surface area contributed by atoms with Crippen LogP contribution in [0.3, 0.4) is 0 Å². The van der Waals surface area contributed by atoms with Gasteiger partial charge in [0.25, 0.3) is 0 Å². The summed E-state index contributed by atoms with van der Waals surface area (Å²) in [5.41, 5.74) is 0. The van der Waals surface area contributed by atoms with E-state index in [4.69, 9.17) is 0 Å². The Labute approximate surface area is 143 Å². The van der Waals surface area contributed by atoms with Crippen molar-refractivity contribution in [3.05, 3.63) is 0 Å². The van der Waals surface area contributed by atoms with Crippen LogP contribution in [-0.2, 0) is 0 Å². The fourth-order valence-electron chi connectivity index (χ4n) is 3.80. The molecule has 0 unspecified atom stereocenters.